The summed E-state index contributed by atoms with van der Waals surface area (Å²) in [4.78, 5) is 20.5. The largest absolute Gasteiger partial charge is 0.462 e. The third-order valence-electron chi connectivity index (χ3n) is 0.761. The first-order valence-electron chi connectivity index (χ1n) is 3.01. The van der Waals surface area contributed by atoms with E-state index in [1.54, 1.807) is 0 Å². The Labute approximate surface area is 69.4 Å². The van der Waals surface area contributed by atoms with Crippen molar-refractivity contribution in [3.63, 3.8) is 0 Å². The molecule has 0 radical (unpaired) electrons. The smallest absolute Gasteiger partial charge is 0.320 e. The topological polar surface area (TPSA) is 52.6 Å². The molecule has 5 heteroatoms. The van der Waals surface area contributed by atoms with Gasteiger partial charge < -0.3 is 9.47 Å². The second kappa shape index (κ2) is 5.97. The van der Waals surface area contributed by atoms with Crippen molar-refractivity contribution in [1.82, 2.24) is 0 Å². The van der Waals surface area contributed by atoms with Crippen LogP contribution in [0.25, 0.3) is 0 Å². The highest BCUT2D eigenvalue weighted by atomic mass is 35.5. The van der Waals surface area contributed by atoms with E-state index in [4.69, 9.17) is 11.6 Å². The molecule has 0 amide bonds. The molecule has 0 bridgehead atoms. The maximum Gasteiger partial charge on any atom is 0.320 e. The maximum atomic E-state index is 10.4. The van der Waals surface area contributed by atoms with Crippen molar-refractivity contribution in [2.75, 3.05) is 19.1 Å². The van der Waals surface area contributed by atoms with Crippen molar-refractivity contribution >= 4 is 23.5 Å². The van der Waals surface area contributed by atoms with E-state index in [-0.39, 0.29) is 19.1 Å². The Kier molecular flexibility index (Phi) is 5.56. The Bertz CT molecular complexity index is 146. The molecule has 0 heterocycles. The Morgan fingerprint density at radius 2 is 1.82 bits per heavy atom. The molecule has 0 aromatic heterocycles. The first-order valence-corrected chi connectivity index (χ1v) is 3.55. The molecule has 0 aliphatic heterocycles. The van der Waals surface area contributed by atoms with Crippen molar-refractivity contribution in [3.8, 4) is 0 Å². The van der Waals surface area contributed by atoms with E-state index < -0.39 is 11.9 Å². The van der Waals surface area contributed by atoms with Crippen LogP contribution in [0.15, 0.2) is 0 Å². The fourth-order valence-electron chi connectivity index (χ4n) is 0.379. The van der Waals surface area contributed by atoms with Gasteiger partial charge in [-0.1, -0.05) is 0 Å². The van der Waals surface area contributed by atoms with Gasteiger partial charge in [0.2, 0.25) is 0 Å². The van der Waals surface area contributed by atoms with Crippen molar-refractivity contribution in [2.24, 2.45) is 0 Å². The Morgan fingerprint density at radius 3 is 2.27 bits per heavy atom. The van der Waals surface area contributed by atoms with Crippen molar-refractivity contribution in [2.45, 2.75) is 6.92 Å². The summed E-state index contributed by atoms with van der Waals surface area (Å²) < 4.78 is 8.97. The van der Waals surface area contributed by atoms with Crippen molar-refractivity contribution in [1.29, 1.82) is 0 Å². The summed E-state index contributed by atoms with van der Waals surface area (Å²) >= 11 is 5.11. The van der Waals surface area contributed by atoms with Crippen molar-refractivity contribution in [3.05, 3.63) is 0 Å². The molecule has 0 saturated heterocycles. The average Bonchev–Trinajstić information content (AvgIpc) is 1.97. The molecule has 0 aliphatic rings. The van der Waals surface area contributed by atoms with E-state index in [0.29, 0.717) is 0 Å². The lowest BCUT2D eigenvalue weighted by Crippen LogP contribution is -2.12. The third kappa shape index (κ3) is 7.12. The van der Waals surface area contributed by atoms with Crippen LogP contribution in [-0.2, 0) is 19.1 Å². The van der Waals surface area contributed by atoms with Crippen LogP contribution < -0.4 is 0 Å². The highest BCUT2D eigenvalue weighted by molar-refractivity contribution is 6.26. The fourth-order valence-corrected chi connectivity index (χ4v) is 0.457. The van der Waals surface area contributed by atoms with Gasteiger partial charge in [0.15, 0.2) is 0 Å². The minimum Gasteiger partial charge on any atom is -0.462 e. The normalized spacial score (nSPS) is 8.91. The number of carbonyl (C=O) groups excluding carboxylic acids is 2. The zero-order chi connectivity index (χ0) is 8.69. The van der Waals surface area contributed by atoms with Crippen LogP contribution in [0.3, 0.4) is 0 Å². The number of hydrogen-bond acceptors (Lipinski definition) is 4. The molecule has 0 aromatic rings. The number of alkyl halides is 1. The first kappa shape index (κ1) is 10.2. The van der Waals surface area contributed by atoms with Gasteiger partial charge in [0.25, 0.3) is 0 Å². The molecular formula is C6H9ClO4. The molecule has 0 rings (SSSR count). The van der Waals surface area contributed by atoms with Gasteiger partial charge in [-0.3, -0.25) is 9.59 Å². The van der Waals surface area contributed by atoms with E-state index in [1.807, 2.05) is 0 Å². The number of carbonyl (C=O) groups is 2. The summed E-state index contributed by atoms with van der Waals surface area (Å²) in [6, 6.07) is 0. The SMILES string of the molecule is CC(=O)OCCOC(=O)CCl. The second-order valence-electron chi connectivity index (χ2n) is 1.69. The molecule has 0 saturated carbocycles. The van der Waals surface area contributed by atoms with Crippen LogP contribution in [0.1, 0.15) is 6.92 Å². The van der Waals surface area contributed by atoms with Crippen LogP contribution in [-0.4, -0.2) is 31.0 Å². The average molecular weight is 181 g/mol. The fraction of sp³-hybridized carbons (Fsp3) is 0.667. The third-order valence-corrected chi connectivity index (χ3v) is 0.979. The molecule has 0 fully saturated rings. The molecule has 0 atom stereocenters. The zero-order valence-electron chi connectivity index (χ0n) is 6.13. The summed E-state index contributed by atoms with van der Waals surface area (Å²) in [6.07, 6.45) is 0. The predicted octanol–water partition coefficient (Wildman–Crippen LogP) is 0.331. The van der Waals surface area contributed by atoms with Gasteiger partial charge in [-0.2, -0.15) is 0 Å². The van der Waals surface area contributed by atoms with Crippen LogP contribution in [0.4, 0.5) is 0 Å². The Balaban J connectivity index is 3.14. The monoisotopic (exact) mass is 180 g/mol. The quantitative estimate of drug-likeness (QED) is 0.356. The summed E-state index contributed by atoms with van der Waals surface area (Å²) in [7, 11) is 0. The number of esters is 2. The molecule has 64 valence electrons. The number of ether oxygens (including phenoxy) is 2. The molecule has 4 nitrogen and oxygen atoms in total. The molecular weight excluding hydrogens is 172 g/mol. The Morgan fingerprint density at radius 1 is 1.27 bits per heavy atom. The van der Waals surface area contributed by atoms with E-state index in [9.17, 15) is 9.59 Å². The zero-order valence-corrected chi connectivity index (χ0v) is 6.89. The lowest BCUT2D eigenvalue weighted by molar-refractivity contribution is -0.149. The van der Waals surface area contributed by atoms with Crippen molar-refractivity contribution < 1.29 is 19.1 Å². The molecule has 0 unspecified atom stereocenters. The van der Waals surface area contributed by atoms with Gasteiger partial charge in [-0.05, 0) is 0 Å². The minimum absolute atomic E-state index is 0.0606. The van der Waals surface area contributed by atoms with Crippen LogP contribution in [0, 0.1) is 0 Å². The van der Waals surface area contributed by atoms with Gasteiger partial charge in [-0.15, -0.1) is 11.6 Å². The standard InChI is InChI=1S/C6H9ClO4/c1-5(8)10-2-3-11-6(9)4-7/h2-4H2,1H3. The lowest BCUT2D eigenvalue weighted by Gasteiger charge is -2.01. The maximum absolute atomic E-state index is 10.4. The molecule has 0 aliphatic carbocycles. The second-order valence-corrected chi connectivity index (χ2v) is 1.96. The van der Waals surface area contributed by atoms with Crippen LogP contribution >= 0.6 is 11.6 Å². The van der Waals surface area contributed by atoms with Gasteiger partial charge in [0.05, 0.1) is 0 Å². The number of hydrogen-bond donors (Lipinski definition) is 0. The van der Waals surface area contributed by atoms with Gasteiger partial charge in [0, 0.05) is 6.92 Å². The lowest BCUT2D eigenvalue weighted by atomic mass is 10.7. The highest BCUT2D eigenvalue weighted by Gasteiger charge is 1.99. The number of rotatable bonds is 4. The first-order chi connectivity index (χ1) is 5.16. The summed E-state index contributed by atoms with van der Waals surface area (Å²) in [6.45, 7) is 1.42. The molecule has 0 N–H and O–H groups in total. The van der Waals surface area contributed by atoms with Crippen LogP contribution in [0.5, 0.6) is 0 Å². The van der Waals surface area contributed by atoms with Gasteiger partial charge >= 0.3 is 11.9 Å². The predicted molar refractivity (Wildman–Crippen MR) is 38.3 cm³/mol. The van der Waals surface area contributed by atoms with Gasteiger partial charge in [0.1, 0.15) is 19.1 Å². The summed E-state index contributed by atoms with van der Waals surface area (Å²) in [5, 5.41) is 0. The summed E-state index contributed by atoms with van der Waals surface area (Å²) in [5.41, 5.74) is 0. The van der Waals surface area contributed by atoms with E-state index in [0.717, 1.165) is 0 Å². The van der Waals surface area contributed by atoms with Gasteiger partial charge in [-0.25, -0.2) is 0 Å². The van der Waals surface area contributed by atoms with E-state index >= 15 is 0 Å². The number of halogens is 1. The molecule has 0 spiro atoms. The summed E-state index contributed by atoms with van der Waals surface area (Å²) in [5.74, 6) is -1.09. The van der Waals surface area contributed by atoms with E-state index in [1.165, 1.54) is 6.92 Å². The highest BCUT2D eigenvalue weighted by Crippen LogP contribution is 1.83. The molecule has 11 heavy (non-hydrogen) atoms. The van der Waals surface area contributed by atoms with E-state index in [2.05, 4.69) is 9.47 Å². The molecule has 0 aromatic carbocycles. The Hall–Kier alpha value is -0.770. The van der Waals surface area contributed by atoms with Crippen LogP contribution in [0.2, 0.25) is 0 Å². The minimum atomic E-state index is -0.515.